The molecule has 6 nitrogen and oxygen atoms in total. The van der Waals surface area contributed by atoms with Gasteiger partial charge in [-0.05, 0) is 47.7 Å². The molecule has 0 aromatic heterocycles. The Morgan fingerprint density at radius 3 is 2.75 bits per heavy atom. The van der Waals surface area contributed by atoms with Gasteiger partial charge in [-0.3, -0.25) is 4.79 Å². The molecule has 1 spiro atoms. The van der Waals surface area contributed by atoms with Crippen molar-refractivity contribution in [2.75, 3.05) is 19.7 Å². The standard InChI is InChI=1S/C21H35N3O3Si/c1-20(2,3)28(4,5)27-12-11-24-14-21(13-18(24)25)10-9-15-16(19(22)23-26)7-6-8-17(15)21/h6-8,19,23,26H,9-14,22H2,1-5H3. The lowest BCUT2D eigenvalue weighted by Gasteiger charge is -2.36. The first-order valence-corrected chi connectivity index (χ1v) is 13.1. The van der Waals surface area contributed by atoms with Gasteiger partial charge in [0.05, 0.1) is 6.61 Å². The molecule has 28 heavy (non-hydrogen) atoms. The van der Waals surface area contributed by atoms with E-state index in [1.165, 1.54) is 11.1 Å². The van der Waals surface area contributed by atoms with Crippen LogP contribution in [-0.4, -0.2) is 44.0 Å². The first kappa shape index (κ1) is 21.5. The zero-order valence-electron chi connectivity index (χ0n) is 17.8. The number of amides is 1. The Morgan fingerprint density at radius 2 is 2.11 bits per heavy atom. The number of rotatable bonds is 6. The third-order valence-electron chi connectivity index (χ3n) is 7.08. The highest BCUT2D eigenvalue weighted by atomic mass is 28.4. The molecule has 1 saturated heterocycles. The van der Waals surface area contributed by atoms with E-state index in [9.17, 15) is 10.0 Å². The highest BCUT2D eigenvalue weighted by Gasteiger charge is 2.48. The van der Waals surface area contributed by atoms with E-state index in [2.05, 4.69) is 45.4 Å². The molecule has 2 aliphatic rings. The number of hydrogen-bond donors (Lipinski definition) is 3. The van der Waals surface area contributed by atoms with Gasteiger partial charge >= 0.3 is 0 Å². The molecule has 2 unspecified atom stereocenters. The van der Waals surface area contributed by atoms with Crippen LogP contribution in [0.25, 0.3) is 0 Å². The van der Waals surface area contributed by atoms with Crippen molar-refractivity contribution >= 4 is 14.2 Å². The lowest BCUT2D eigenvalue weighted by Crippen LogP contribution is -2.43. The number of nitrogens with zero attached hydrogens (tertiary/aromatic N) is 1. The number of benzene rings is 1. The van der Waals surface area contributed by atoms with Crippen LogP contribution in [0.15, 0.2) is 18.2 Å². The Kier molecular flexibility index (Phi) is 5.77. The molecule has 2 atom stereocenters. The molecule has 7 heteroatoms. The molecule has 1 heterocycles. The number of nitrogens with two attached hydrogens (primary N) is 1. The average molecular weight is 406 g/mol. The Hall–Kier alpha value is -1.25. The molecule has 1 amide bonds. The topological polar surface area (TPSA) is 87.8 Å². The second kappa shape index (κ2) is 7.53. The Balaban J connectivity index is 1.71. The molecular weight excluding hydrogens is 370 g/mol. The van der Waals surface area contributed by atoms with Gasteiger partial charge in [-0.1, -0.05) is 39.0 Å². The van der Waals surface area contributed by atoms with Crippen LogP contribution in [-0.2, 0) is 21.1 Å². The maximum atomic E-state index is 12.8. The van der Waals surface area contributed by atoms with E-state index in [1.54, 1.807) is 0 Å². The van der Waals surface area contributed by atoms with Gasteiger partial charge in [-0.2, -0.15) is 5.48 Å². The molecular formula is C21H35N3O3Si. The molecule has 1 aromatic rings. The molecule has 3 rings (SSSR count). The average Bonchev–Trinajstić information content (AvgIpc) is 3.13. The fourth-order valence-electron chi connectivity index (χ4n) is 4.33. The summed E-state index contributed by atoms with van der Waals surface area (Å²) in [5.74, 6) is 0.210. The van der Waals surface area contributed by atoms with Gasteiger partial charge < -0.3 is 20.3 Å². The maximum Gasteiger partial charge on any atom is 0.223 e. The zero-order chi connectivity index (χ0) is 20.7. The smallest absolute Gasteiger partial charge is 0.223 e. The van der Waals surface area contributed by atoms with Gasteiger partial charge in [-0.15, -0.1) is 0 Å². The number of hydrogen-bond acceptors (Lipinski definition) is 5. The van der Waals surface area contributed by atoms with Crippen LogP contribution in [0, 0.1) is 0 Å². The van der Waals surface area contributed by atoms with Crippen LogP contribution < -0.4 is 11.2 Å². The summed E-state index contributed by atoms with van der Waals surface area (Å²) < 4.78 is 6.28. The monoisotopic (exact) mass is 405 g/mol. The SMILES string of the molecule is CC(C)(C)[Si](C)(C)OCCN1CC2(CCc3c(C(N)NO)cccc32)CC1=O. The van der Waals surface area contributed by atoms with E-state index in [4.69, 9.17) is 10.2 Å². The van der Waals surface area contributed by atoms with Crippen molar-refractivity contribution in [3.05, 3.63) is 34.9 Å². The number of fused-ring (bicyclic) bond motifs is 2. The van der Waals surface area contributed by atoms with E-state index < -0.39 is 14.5 Å². The summed E-state index contributed by atoms with van der Waals surface area (Å²) in [5, 5.41) is 9.40. The van der Waals surface area contributed by atoms with Crippen LogP contribution in [0.4, 0.5) is 0 Å². The van der Waals surface area contributed by atoms with Gasteiger partial charge in [0.25, 0.3) is 0 Å². The van der Waals surface area contributed by atoms with Gasteiger partial charge in [0.15, 0.2) is 8.32 Å². The van der Waals surface area contributed by atoms with E-state index in [0.717, 1.165) is 24.9 Å². The predicted molar refractivity (Wildman–Crippen MR) is 113 cm³/mol. The highest BCUT2D eigenvalue weighted by molar-refractivity contribution is 6.74. The summed E-state index contributed by atoms with van der Waals surface area (Å²) in [4.78, 5) is 14.7. The molecule has 0 radical (unpaired) electrons. The molecule has 4 N–H and O–H groups in total. The van der Waals surface area contributed by atoms with Crippen LogP contribution in [0.1, 0.15) is 56.5 Å². The van der Waals surface area contributed by atoms with Gasteiger partial charge in [-0.25, -0.2) is 0 Å². The maximum absolute atomic E-state index is 12.8. The van der Waals surface area contributed by atoms with Crippen molar-refractivity contribution in [2.45, 2.75) is 69.7 Å². The molecule has 0 saturated carbocycles. The fourth-order valence-corrected chi connectivity index (χ4v) is 5.36. The van der Waals surface area contributed by atoms with E-state index in [-0.39, 0.29) is 16.4 Å². The lowest BCUT2D eigenvalue weighted by atomic mass is 9.80. The normalized spacial score (nSPS) is 23.5. The van der Waals surface area contributed by atoms with Crippen molar-refractivity contribution in [3.63, 3.8) is 0 Å². The molecule has 156 valence electrons. The largest absolute Gasteiger partial charge is 0.415 e. The van der Waals surface area contributed by atoms with Crippen LogP contribution in [0.3, 0.4) is 0 Å². The Labute approximate surface area is 169 Å². The van der Waals surface area contributed by atoms with Crippen molar-refractivity contribution < 1.29 is 14.4 Å². The number of carbonyl (C=O) groups excluding carboxylic acids is 1. The molecule has 1 aliphatic heterocycles. The summed E-state index contributed by atoms with van der Waals surface area (Å²) in [7, 11) is -1.80. The number of hydroxylamine groups is 1. The minimum atomic E-state index is -1.80. The van der Waals surface area contributed by atoms with Crippen LogP contribution in [0.5, 0.6) is 0 Å². The molecule has 1 aromatic carbocycles. The molecule has 0 bridgehead atoms. The van der Waals surface area contributed by atoms with Gasteiger partial charge in [0.2, 0.25) is 5.91 Å². The first-order chi connectivity index (χ1) is 13.0. The second-order valence-corrected chi connectivity index (χ2v) is 14.7. The highest BCUT2D eigenvalue weighted by Crippen LogP contribution is 2.47. The Morgan fingerprint density at radius 1 is 1.39 bits per heavy atom. The minimum absolute atomic E-state index is 0.130. The summed E-state index contributed by atoms with van der Waals surface area (Å²) in [6, 6.07) is 6.05. The lowest BCUT2D eigenvalue weighted by molar-refractivity contribution is -0.128. The summed E-state index contributed by atoms with van der Waals surface area (Å²) in [6.45, 7) is 13.2. The van der Waals surface area contributed by atoms with Crippen molar-refractivity contribution in [1.29, 1.82) is 0 Å². The van der Waals surface area contributed by atoms with Crippen molar-refractivity contribution in [1.82, 2.24) is 10.4 Å². The quantitative estimate of drug-likeness (QED) is 0.385. The number of nitrogens with one attached hydrogen (secondary N) is 1. The molecule has 1 fully saturated rings. The number of carbonyl (C=O) groups is 1. The van der Waals surface area contributed by atoms with Crippen molar-refractivity contribution in [3.8, 4) is 0 Å². The fraction of sp³-hybridized carbons (Fsp3) is 0.667. The summed E-state index contributed by atoms with van der Waals surface area (Å²) in [6.07, 6.45) is 1.78. The minimum Gasteiger partial charge on any atom is -0.415 e. The van der Waals surface area contributed by atoms with Gasteiger partial charge in [0.1, 0.15) is 6.17 Å². The zero-order valence-corrected chi connectivity index (χ0v) is 18.8. The van der Waals surface area contributed by atoms with E-state index in [1.807, 2.05) is 17.0 Å². The Bertz CT molecular complexity index is 747. The third-order valence-corrected chi connectivity index (χ3v) is 11.6. The molecule has 1 aliphatic carbocycles. The first-order valence-electron chi connectivity index (χ1n) is 10.2. The third kappa shape index (κ3) is 3.78. The second-order valence-electron chi connectivity index (χ2n) is 9.86. The summed E-state index contributed by atoms with van der Waals surface area (Å²) >= 11 is 0. The number of likely N-dealkylation sites (tertiary alicyclic amines) is 1. The summed E-state index contributed by atoms with van der Waals surface area (Å²) in [5.41, 5.74) is 11.3. The van der Waals surface area contributed by atoms with Crippen LogP contribution in [0.2, 0.25) is 18.1 Å². The van der Waals surface area contributed by atoms with Crippen LogP contribution >= 0.6 is 0 Å². The van der Waals surface area contributed by atoms with E-state index >= 15 is 0 Å². The van der Waals surface area contributed by atoms with Crippen molar-refractivity contribution in [2.24, 2.45) is 5.73 Å². The van der Waals surface area contributed by atoms with Gasteiger partial charge in [0, 0.05) is 24.9 Å². The van der Waals surface area contributed by atoms with E-state index in [0.29, 0.717) is 19.6 Å². The predicted octanol–water partition coefficient (Wildman–Crippen LogP) is 3.06.